The highest BCUT2D eigenvalue weighted by Crippen LogP contribution is 2.39. The molecule has 2 rings (SSSR count). The third kappa shape index (κ3) is 3.85. The monoisotopic (exact) mass is 289 g/mol. The Balaban J connectivity index is 2.08. The van der Waals surface area contributed by atoms with E-state index in [0.717, 1.165) is 29.7 Å². The predicted octanol–water partition coefficient (Wildman–Crippen LogP) is 2.38. The summed E-state index contributed by atoms with van der Waals surface area (Å²) >= 11 is 0. The maximum atomic E-state index is 12.2. The number of allylic oxidation sites excluding steroid dienone is 1. The summed E-state index contributed by atoms with van der Waals surface area (Å²) < 4.78 is 5.19. The summed E-state index contributed by atoms with van der Waals surface area (Å²) in [7, 11) is 1.62. The van der Waals surface area contributed by atoms with E-state index in [9.17, 15) is 9.90 Å². The number of carbonyl (C=O) groups excluding carboxylic acids is 1. The number of hydrogen-bond acceptors (Lipinski definition) is 3. The largest absolute Gasteiger partial charge is 0.497 e. The number of benzene rings is 1. The first-order valence-corrected chi connectivity index (χ1v) is 7.24. The lowest BCUT2D eigenvalue weighted by atomic mass is 9.96. The molecule has 21 heavy (non-hydrogen) atoms. The zero-order valence-electron chi connectivity index (χ0n) is 12.8. The first-order valence-electron chi connectivity index (χ1n) is 7.24. The van der Waals surface area contributed by atoms with E-state index in [1.807, 2.05) is 38.1 Å². The van der Waals surface area contributed by atoms with Gasteiger partial charge in [0.2, 0.25) is 5.91 Å². The lowest BCUT2D eigenvalue weighted by Gasteiger charge is -2.28. The van der Waals surface area contributed by atoms with Crippen LogP contribution in [0, 0.1) is 5.92 Å². The van der Waals surface area contributed by atoms with Crippen LogP contribution in [0.2, 0.25) is 0 Å². The van der Waals surface area contributed by atoms with E-state index in [1.165, 1.54) is 0 Å². The topological polar surface area (TPSA) is 58.6 Å². The molecule has 1 aromatic rings. The number of nitrogens with one attached hydrogen (secondary N) is 1. The fourth-order valence-electron chi connectivity index (χ4n) is 2.46. The highest BCUT2D eigenvalue weighted by molar-refractivity contribution is 5.95. The zero-order chi connectivity index (χ0) is 15.5. The Labute approximate surface area is 125 Å². The van der Waals surface area contributed by atoms with Gasteiger partial charge in [-0.15, -0.1) is 0 Å². The van der Waals surface area contributed by atoms with Crippen molar-refractivity contribution in [3.8, 4) is 5.75 Å². The van der Waals surface area contributed by atoms with E-state index in [0.29, 0.717) is 5.92 Å². The predicted molar refractivity (Wildman–Crippen MR) is 83.0 cm³/mol. The summed E-state index contributed by atoms with van der Waals surface area (Å²) in [6.07, 6.45) is 3.71. The maximum Gasteiger partial charge on any atom is 0.244 e. The Kier molecular flexibility index (Phi) is 4.68. The number of aliphatic hydroxyl groups is 1. The Bertz CT molecular complexity index is 549. The van der Waals surface area contributed by atoms with Gasteiger partial charge >= 0.3 is 0 Å². The van der Waals surface area contributed by atoms with Gasteiger partial charge in [-0.1, -0.05) is 12.1 Å². The van der Waals surface area contributed by atoms with Crippen LogP contribution in [0.25, 0.3) is 5.57 Å². The molecule has 0 heterocycles. The maximum absolute atomic E-state index is 12.2. The smallest absolute Gasteiger partial charge is 0.244 e. The van der Waals surface area contributed by atoms with Crippen molar-refractivity contribution in [3.05, 3.63) is 35.9 Å². The first-order chi connectivity index (χ1) is 9.98. The summed E-state index contributed by atoms with van der Waals surface area (Å²) in [5.74, 6) is 0.981. The minimum atomic E-state index is -0.512. The molecule has 2 N–H and O–H groups in total. The molecule has 1 aliphatic carbocycles. The van der Waals surface area contributed by atoms with Gasteiger partial charge in [0, 0.05) is 6.08 Å². The van der Waals surface area contributed by atoms with Crippen molar-refractivity contribution in [2.75, 3.05) is 13.7 Å². The molecule has 1 saturated carbocycles. The van der Waals surface area contributed by atoms with Crippen LogP contribution in [0.3, 0.4) is 0 Å². The molecule has 114 valence electrons. The molecule has 4 heteroatoms. The Morgan fingerprint density at radius 2 is 2.24 bits per heavy atom. The first kappa shape index (κ1) is 15.6. The number of methoxy groups -OCH3 is 1. The van der Waals surface area contributed by atoms with E-state index < -0.39 is 5.54 Å². The molecule has 0 spiro atoms. The molecule has 0 aliphatic heterocycles. The van der Waals surface area contributed by atoms with Gasteiger partial charge in [0.1, 0.15) is 5.75 Å². The van der Waals surface area contributed by atoms with Crippen LogP contribution in [-0.2, 0) is 4.79 Å². The van der Waals surface area contributed by atoms with Gasteiger partial charge in [-0.05, 0) is 55.9 Å². The molecule has 1 unspecified atom stereocenters. The summed E-state index contributed by atoms with van der Waals surface area (Å²) in [6.45, 7) is 3.76. The average Bonchev–Trinajstić information content (AvgIpc) is 3.32. The van der Waals surface area contributed by atoms with E-state index in [1.54, 1.807) is 13.2 Å². The van der Waals surface area contributed by atoms with E-state index in [-0.39, 0.29) is 12.5 Å². The zero-order valence-corrected chi connectivity index (χ0v) is 12.8. The molecule has 1 fully saturated rings. The fraction of sp³-hybridized carbons (Fsp3) is 0.471. The van der Waals surface area contributed by atoms with Gasteiger partial charge in [-0.2, -0.15) is 0 Å². The van der Waals surface area contributed by atoms with Crippen molar-refractivity contribution in [2.45, 2.75) is 32.2 Å². The van der Waals surface area contributed by atoms with E-state index in [4.69, 9.17) is 4.74 Å². The lowest BCUT2D eigenvalue weighted by Crippen LogP contribution is -2.50. The number of aliphatic hydroxyl groups excluding tert-OH is 1. The van der Waals surface area contributed by atoms with Crippen LogP contribution in [0.5, 0.6) is 5.75 Å². The quantitative estimate of drug-likeness (QED) is 0.791. The molecule has 0 radical (unpaired) electrons. The van der Waals surface area contributed by atoms with Crippen LogP contribution in [-0.4, -0.2) is 30.3 Å². The highest BCUT2D eigenvalue weighted by atomic mass is 16.5. The van der Waals surface area contributed by atoms with Crippen LogP contribution >= 0.6 is 0 Å². The second kappa shape index (κ2) is 6.31. The third-order valence-corrected chi connectivity index (χ3v) is 4.09. The number of carbonyl (C=O) groups is 1. The summed E-state index contributed by atoms with van der Waals surface area (Å²) in [5.41, 5.74) is 1.30. The second-order valence-electron chi connectivity index (χ2n) is 5.90. The van der Waals surface area contributed by atoms with Crippen LogP contribution in [0.1, 0.15) is 32.3 Å². The van der Waals surface area contributed by atoms with E-state index >= 15 is 0 Å². The minimum Gasteiger partial charge on any atom is -0.497 e. The Morgan fingerprint density at radius 3 is 2.81 bits per heavy atom. The van der Waals surface area contributed by atoms with Gasteiger partial charge in [0.25, 0.3) is 0 Å². The molecule has 4 nitrogen and oxygen atoms in total. The number of hydrogen-bond donors (Lipinski definition) is 2. The second-order valence-corrected chi connectivity index (χ2v) is 5.90. The van der Waals surface area contributed by atoms with Crippen LogP contribution < -0.4 is 10.1 Å². The third-order valence-electron chi connectivity index (χ3n) is 4.09. The van der Waals surface area contributed by atoms with Crippen molar-refractivity contribution in [1.82, 2.24) is 5.32 Å². The van der Waals surface area contributed by atoms with Gasteiger partial charge in [-0.25, -0.2) is 0 Å². The molecule has 0 saturated heterocycles. The fourth-order valence-corrected chi connectivity index (χ4v) is 2.46. The number of rotatable bonds is 6. The van der Waals surface area contributed by atoms with Crippen molar-refractivity contribution >= 4 is 11.5 Å². The molecular weight excluding hydrogens is 266 g/mol. The molecule has 0 aromatic heterocycles. The van der Waals surface area contributed by atoms with Crippen molar-refractivity contribution < 1.29 is 14.6 Å². The van der Waals surface area contributed by atoms with Crippen molar-refractivity contribution in [2.24, 2.45) is 5.92 Å². The number of ether oxygens (including phenoxy) is 1. The Hall–Kier alpha value is -1.81. The van der Waals surface area contributed by atoms with Crippen molar-refractivity contribution in [1.29, 1.82) is 0 Å². The summed E-state index contributed by atoms with van der Waals surface area (Å²) in [6, 6.07) is 7.59. The van der Waals surface area contributed by atoms with Gasteiger partial charge in [0.15, 0.2) is 0 Å². The summed E-state index contributed by atoms with van der Waals surface area (Å²) in [5, 5.41) is 12.4. The van der Waals surface area contributed by atoms with Gasteiger partial charge in [0.05, 0.1) is 19.3 Å². The number of amides is 1. The Morgan fingerprint density at radius 1 is 1.52 bits per heavy atom. The molecule has 1 atom stereocenters. The van der Waals surface area contributed by atoms with Gasteiger partial charge < -0.3 is 15.2 Å². The standard InChI is InChI=1S/C17H23NO3/c1-12(13-5-4-6-15(10-13)21-3)9-16(20)18-17(2,11-19)14-7-8-14/h4-6,9-10,14,19H,7-8,11H2,1-3H3,(H,18,20)/b12-9+. The normalized spacial score (nSPS) is 18.0. The van der Waals surface area contributed by atoms with Crippen LogP contribution in [0.15, 0.2) is 30.3 Å². The molecule has 1 aromatic carbocycles. The van der Waals surface area contributed by atoms with Crippen LogP contribution in [0.4, 0.5) is 0 Å². The summed E-state index contributed by atoms with van der Waals surface area (Å²) in [4.78, 5) is 12.2. The van der Waals surface area contributed by atoms with Gasteiger partial charge in [-0.3, -0.25) is 4.79 Å². The van der Waals surface area contributed by atoms with Crippen molar-refractivity contribution in [3.63, 3.8) is 0 Å². The molecule has 1 aliphatic rings. The lowest BCUT2D eigenvalue weighted by molar-refractivity contribution is -0.119. The SMILES string of the molecule is COc1cccc(/C(C)=C/C(=O)NC(C)(CO)C2CC2)c1. The molecule has 1 amide bonds. The molecule has 0 bridgehead atoms. The average molecular weight is 289 g/mol. The highest BCUT2D eigenvalue weighted by Gasteiger charge is 2.41. The van der Waals surface area contributed by atoms with E-state index in [2.05, 4.69) is 5.32 Å². The minimum absolute atomic E-state index is 0.0323. The molecular formula is C17H23NO3.